The number of anilines is 1. The third-order valence-corrected chi connectivity index (χ3v) is 6.39. The highest BCUT2D eigenvalue weighted by atomic mass is 16.2. The zero-order valence-corrected chi connectivity index (χ0v) is 17.7. The highest BCUT2D eigenvalue weighted by Crippen LogP contribution is 2.52. The molecule has 152 valence electrons. The SMILES string of the molecule is CN(C(=O)c1cccnc1)c1ccc(C(=O)N2CC3(C)CC2CC(C)(C)C3)cc1. The van der Waals surface area contributed by atoms with E-state index < -0.39 is 0 Å². The van der Waals surface area contributed by atoms with E-state index in [1.54, 1.807) is 36.5 Å². The maximum absolute atomic E-state index is 13.2. The molecule has 2 aliphatic rings. The molecule has 4 rings (SSSR count). The Morgan fingerprint density at radius 2 is 1.79 bits per heavy atom. The van der Waals surface area contributed by atoms with Crippen molar-refractivity contribution in [2.45, 2.75) is 46.1 Å². The van der Waals surface area contributed by atoms with Gasteiger partial charge in [0.05, 0.1) is 5.56 Å². The Labute approximate surface area is 172 Å². The molecule has 1 aliphatic carbocycles. The maximum atomic E-state index is 13.2. The van der Waals surface area contributed by atoms with Gasteiger partial charge in [-0.3, -0.25) is 14.6 Å². The van der Waals surface area contributed by atoms with Crippen molar-refractivity contribution in [2.75, 3.05) is 18.5 Å². The number of fused-ring (bicyclic) bond motifs is 2. The number of benzene rings is 1. The summed E-state index contributed by atoms with van der Waals surface area (Å²) < 4.78 is 0. The fourth-order valence-corrected chi connectivity index (χ4v) is 5.49. The van der Waals surface area contributed by atoms with Gasteiger partial charge in [0.2, 0.25) is 0 Å². The number of carbonyl (C=O) groups is 2. The summed E-state index contributed by atoms with van der Waals surface area (Å²) in [5.74, 6) is -0.0233. The molecule has 0 N–H and O–H groups in total. The molecule has 29 heavy (non-hydrogen) atoms. The summed E-state index contributed by atoms with van der Waals surface area (Å²) in [5, 5.41) is 0. The summed E-state index contributed by atoms with van der Waals surface area (Å²) >= 11 is 0. The highest BCUT2D eigenvalue weighted by Gasteiger charge is 2.51. The van der Waals surface area contributed by atoms with Crippen LogP contribution in [0.4, 0.5) is 5.69 Å². The minimum absolute atomic E-state index is 0.101. The molecule has 1 saturated heterocycles. The van der Waals surface area contributed by atoms with Gasteiger partial charge >= 0.3 is 0 Å². The minimum atomic E-state index is -0.124. The molecule has 1 aromatic carbocycles. The molecule has 1 saturated carbocycles. The molecule has 5 nitrogen and oxygen atoms in total. The Kier molecular flexibility index (Phi) is 4.72. The van der Waals surface area contributed by atoms with Gasteiger partial charge in [-0.05, 0) is 66.5 Å². The molecule has 0 spiro atoms. The predicted octanol–water partition coefficient (Wildman–Crippen LogP) is 4.40. The Morgan fingerprint density at radius 1 is 1.07 bits per heavy atom. The van der Waals surface area contributed by atoms with Crippen molar-refractivity contribution in [2.24, 2.45) is 10.8 Å². The summed E-state index contributed by atoms with van der Waals surface area (Å²) in [7, 11) is 1.73. The van der Waals surface area contributed by atoms with Crippen molar-refractivity contribution in [1.29, 1.82) is 0 Å². The highest BCUT2D eigenvalue weighted by molar-refractivity contribution is 6.05. The molecule has 1 aromatic heterocycles. The first-order valence-corrected chi connectivity index (χ1v) is 10.3. The summed E-state index contributed by atoms with van der Waals surface area (Å²) in [4.78, 5) is 33.5. The van der Waals surface area contributed by atoms with Crippen LogP contribution in [0.25, 0.3) is 0 Å². The molecule has 2 aromatic rings. The van der Waals surface area contributed by atoms with Crippen LogP contribution in [0, 0.1) is 10.8 Å². The number of nitrogens with zero attached hydrogens (tertiary/aromatic N) is 3. The van der Waals surface area contributed by atoms with Gasteiger partial charge < -0.3 is 9.80 Å². The van der Waals surface area contributed by atoms with Crippen LogP contribution in [-0.2, 0) is 0 Å². The molecule has 2 heterocycles. The van der Waals surface area contributed by atoms with Crippen molar-refractivity contribution in [3.8, 4) is 0 Å². The molecule has 2 bridgehead atoms. The van der Waals surface area contributed by atoms with E-state index in [-0.39, 0.29) is 22.6 Å². The van der Waals surface area contributed by atoms with E-state index in [1.165, 1.54) is 6.42 Å². The first-order chi connectivity index (χ1) is 13.7. The number of hydrogen-bond donors (Lipinski definition) is 0. The van der Waals surface area contributed by atoms with Crippen molar-refractivity contribution < 1.29 is 9.59 Å². The summed E-state index contributed by atoms with van der Waals surface area (Å²) in [6.07, 6.45) is 6.54. The quantitative estimate of drug-likeness (QED) is 0.779. The molecule has 2 fully saturated rings. The lowest BCUT2D eigenvalue weighted by Crippen LogP contribution is -2.37. The zero-order valence-electron chi connectivity index (χ0n) is 17.7. The second kappa shape index (κ2) is 6.97. The third kappa shape index (κ3) is 3.78. The van der Waals surface area contributed by atoms with E-state index in [1.807, 2.05) is 24.3 Å². The summed E-state index contributed by atoms with van der Waals surface area (Å²) in [6.45, 7) is 7.78. The molecular weight excluding hydrogens is 362 g/mol. The van der Waals surface area contributed by atoms with Gasteiger partial charge in [0, 0.05) is 43.3 Å². The van der Waals surface area contributed by atoms with E-state index in [9.17, 15) is 9.59 Å². The van der Waals surface area contributed by atoms with Crippen LogP contribution in [0.5, 0.6) is 0 Å². The number of hydrogen-bond acceptors (Lipinski definition) is 3. The van der Waals surface area contributed by atoms with Crippen molar-refractivity contribution in [3.63, 3.8) is 0 Å². The molecule has 1 aliphatic heterocycles. The average molecular weight is 392 g/mol. The number of likely N-dealkylation sites (tertiary alicyclic amines) is 1. The van der Waals surface area contributed by atoms with Crippen molar-refractivity contribution >= 4 is 17.5 Å². The van der Waals surface area contributed by atoms with Crippen LogP contribution in [0.1, 0.15) is 60.7 Å². The number of rotatable bonds is 3. The van der Waals surface area contributed by atoms with Crippen LogP contribution >= 0.6 is 0 Å². The lowest BCUT2D eigenvalue weighted by atomic mass is 9.65. The van der Waals surface area contributed by atoms with Crippen molar-refractivity contribution in [1.82, 2.24) is 9.88 Å². The molecule has 2 unspecified atom stereocenters. The molecule has 2 amide bonds. The first-order valence-electron chi connectivity index (χ1n) is 10.3. The fraction of sp³-hybridized carbons (Fsp3) is 0.458. The third-order valence-electron chi connectivity index (χ3n) is 6.39. The largest absolute Gasteiger partial charge is 0.335 e. The van der Waals surface area contributed by atoms with Crippen LogP contribution in [0.15, 0.2) is 48.8 Å². The van der Waals surface area contributed by atoms with Crippen LogP contribution in [0.2, 0.25) is 0 Å². The fourth-order valence-electron chi connectivity index (χ4n) is 5.49. The molecule has 2 atom stereocenters. The number of pyridine rings is 1. The number of aromatic nitrogens is 1. The zero-order chi connectivity index (χ0) is 20.8. The van der Waals surface area contributed by atoms with Gasteiger partial charge in [-0.15, -0.1) is 0 Å². The number of carbonyl (C=O) groups excluding carboxylic acids is 2. The van der Waals surface area contributed by atoms with Crippen LogP contribution < -0.4 is 4.90 Å². The molecule has 5 heteroatoms. The van der Waals surface area contributed by atoms with Gasteiger partial charge in [0.1, 0.15) is 0 Å². The van der Waals surface area contributed by atoms with Crippen molar-refractivity contribution in [3.05, 3.63) is 59.9 Å². The Morgan fingerprint density at radius 3 is 2.45 bits per heavy atom. The van der Waals surface area contributed by atoms with E-state index >= 15 is 0 Å². The summed E-state index contributed by atoms with van der Waals surface area (Å²) in [5.41, 5.74) is 2.48. The Hall–Kier alpha value is -2.69. The van der Waals surface area contributed by atoms with Gasteiger partial charge in [-0.2, -0.15) is 0 Å². The Bertz CT molecular complexity index is 923. The second-order valence-corrected chi connectivity index (χ2v) is 9.80. The van der Waals surface area contributed by atoms with Crippen LogP contribution in [0.3, 0.4) is 0 Å². The van der Waals surface area contributed by atoms with Gasteiger partial charge in [-0.1, -0.05) is 20.8 Å². The van der Waals surface area contributed by atoms with Crippen LogP contribution in [-0.4, -0.2) is 41.3 Å². The Balaban J connectivity index is 1.50. The van der Waals surface area contributed by atoms with Gasteiger partial charge in [0.15, 0.2) is 0 Å². The van der Waals surface area contributed by atoms with E-state index in [2.05, 4.69) is 30.7 Å². The van der Waals surface area contributed by atoms with E-state index in [4.69, 9.17) is 0 Å². The lowest BCUT2D eigenvalue weighted by molar-refractivity contribution is 0.0708. The van der Waals surface area contributed by atoms with E-state index in [0.717, 1.165) is 25.1 Å². The second-order valence-electron chi connectivity index (χ2n) is 9.80. The van der Waals surface area contributed by atoms with Gasteiger partial charge in [-0.25, -0.2) is 0 Å². The van der Waals surface area contributed by atoms with E-state index in [0.29, 0.717) is 17.2 Å². The first kappa shape index (κ1) is 19.6. The normalized spacial score (nSPS) is 25.0. The predicted molar refractivity (Wildman–Crippen MR) is 114 cm³/mol. The monoisotopic (exact) mass is 391 g/mol. The minimum Gasteiger partial charge on any atom is -0.335 e. The van der Waals surface area contributed by atoms with Gasteiger partial charge in [0.25, 0.3) is 11.8 Å². The smallest absolute Gasteiger partial charge is 0.259 e. The summed E-state index contributed by atoms with van der Waals surface area (Å²) in [6, 6.07) is 11.2. The maximum Gasteiger partial charge on any atom is 0.259 e. The molecular formula is C24H29N3O2. The molecule has 0 radical (unpaired) electrons. The topological polar surface area (TPSA) is 53.5 Å². The standard InChI is InChI=1S/C24H29N3O2/c1-23(2)12-20-13-24(3,15-23)16-27(20)22(29)17-7-9-19(10-8-17)26(4)21(28)18-6-5-11-25-14-18/h5-11,14,20H,12-13,15-16H2,1-4H3. The lowest BCUT2D eigenvalue weighted by Gasteiger charge is -2.39. The average Bonchev–Trinajstić information content (AvgIpc) is 2.95. The number of amides is 2.